The summed E-state index contributed by atoms with van der Waals surface area (Å²) in [7, 11) is 0. The molecule has 0 bridgehead atoms. The zero-order chi connectivity index (χ0) is 7.56. The molecule has 1 N–H and O–H groups in total. The number of aromatic carboxylic acids is 1. The van der Waals surface area contributed by atoms with E-state index in [2.05, 4.69) is 20.9 Å². The van der Waals surface area contributed by atoms with E-state index in [4.69, 9.17) is 5.11 Å². The summed E-state index contributed by atoms with van der Waals surface area (Å²) in [6, 6.07) is 3.30. The van der Waals surface area contributed by atoms with E-state index in [0.29, 0.717) is 4.47 Å². The van der Waals surface area contributed by atoms with Gasteiger partial charge in [-0.25, -0.2) is 9.78 Å². The van der Waals surface area contributed by atoms with E-state index < -0.39 is 5.97 Å². The third-order valence-electron chi connectivity index (χ3n) is 0.961. The van der Waals surface area contributed by atoms with Crippen LogP contribution in [-0.4, -0.2) is 16.1 Å². The third-order valence-corrected chi connectivity index (χ3v) is 1.60. The largest absolute Gasteiger partial charge is 0.476 e. The number of carbonyl (C=O) groups is 1. The predicted octanol–water partition coefficient (Wildman–Crippen LogP) is 1.54. The van der Waals surface area contributed by atoms with Gasteiger partial charge < -0.3 is 5.11 Å². The van der Waals surface area contributed by atoms with Crippen molar-refractivity contribution in [2.24, 2.45) is 0 Å². The first kappa shape index (κ1) is 10.8. The van der Waals surface area contributed by atoms with Crippen LogP contribution in [0.5, 0.6) is 0 Å². The van der Waals surface area contributed by atoms with Crippen molar-refractivity contribution in [3.8, 4) is 0 Å². The minimum Gasteiger partial charge on any atom is -0.476 e. The average molecular weight is 310 g/mol. The molecule has 63 valence electrons. The number of carboxylic acid groups (broad SMARTS) is 1. The molecular weight excluding hydrogens is 306 g/mol. The monoisotopic (exact) mass is 308 g/mol. The van der Waals surface area contributed by atoms with Crippen molar-refractivity contribution in [2.75, 3.05) is 0 Å². The van der Waals surface area contributed by atoms with Gasteiger partial charge in [0.05, 0.1) is 4.47 Å². The van der Waals surface area contributed by atoms with Crippen LogP contribution in [0, 0.1) is 0 Å². The van der Waals surface area contributed by atoms with Gasteiger partial charge in [-0.3, -0.25) is 0 Å². The van der Waals surface area contributed by atoms with E-state index in [1.54, 1.807) is 12.1 Å². The van der Waals surface area contributed by atoms with Crippen molar-refractivity contribution >= 4 is 21.9 Å². The topological polar surface area (TPSA) is 50.2 Å². The van der Waals surface area contributed by atoms with Crippen LogP contribution in [0.4, 0.5) is 0 Å². The van der Waals surface area contributed by atoms with Gasteiger partial charge in [0, 0.05) is 28.6 Å². The SMILES string of the molecule is O=C(O)c1ncccc1Br.[Ag]. The number of aromatic nitrogens is 1. The first-order chi connectivity index (χ1) is 4.72. The van der Waals surface area contributed by atoms with E-state index in [9.17, 15) is 4.79 Å². The van der Waals surface area contributed by atoms with Gasteiger partial charge in [-0.2, -0.15) is 0 Å². The second-order valence-electron chi connectivity index (χ2n) is 1.64. The van der Waals surface area contributed by atoms with Gasteiger partial charge in [-0.1, -0.05) is 0 Å². The molecule has 0 aliphatic rings. The molecule has 0 fully saturated rings. The zero-order valence-electron chi connectivity index (χ0n) is 5.21. The molecule has 0 atom stereocenters. The number of hydrogen-bond acceptors (Lipinski definition) is 2. The number of hydrogen-bond donors (Lipinski definition) is 1. The number of nitrogens with zero attached hydrogens (tertiary/aromatic N) is 1. The fourth-order valence-corrected chi connectivity index (χ4v) is 0.968. The van der Waals surface area contributed by atoms with E-state index in [0.717, 1.165) is 0 Å². The average Bonchev–Trinajstić information content (AvgIpc) is 1.88. The van der Waals surface area contributed by atoms with Crippen LogP contribution >= 0.6 is 15.9 Å². The minimum absolute atomic E-state index is 0. The van der Waals surface area contributed by atoms with Gasteiger partial charge >= 0.3 is 5.97 Å². The molecule has 0 saturated heterocycles. The second kappa shape index (κ2) is 4.66. The summed E-state index contributed by atoms with van der Waals surface area (Å²) in [6.45, 7) is 0. The summed E-state index contributed by atoms with van der Waals surface area (Å²) in [4.78, 5) is 14.0. The van der Waals surface area contributed by atoms with Crippen LogP contribution in [0.15, 0.2) is 22.8 Å². The van der Waals surface area contributed by atoms with Crippen molar-refractivity contribution in [3.05, 3.63) is 28.5 Å². The fourth-order valence-electron chi connectivity index (χ4n) is 0.543. The molecule has 3 nitrogen and oxygen atoms in total. The Labute approximate surface area is 87.5 Å². The Balaban J connectivity index is 0.000001000. The van der Waals surface area contributed by atoms with Crippen molar-refractivity contribution in [1.29, 1.82) is 0 Å². The van der Waals surface area contributed by atoms with Crippen LogP contribution in [0.25, 0.3) is 0 Å². The van der Waals surface area contributed by atoms with E-state index >= 15 is 0 Å². The first-order valence-electron chi connectivity index (χ1n) is 2.55. The Morgan fingerprint density at radius 1 is 1.64 bits per heavy atom. The Kier molecular flexibility index (Phi) is 4.60. The molecule has 11 heavy (non-hydrogen) atoms. The molecule has 0 saturated carbocycles. The molecule has 1 rings (SSSR count). The summed E-state index contributed by atoms with van der Waals surface area (Å²) in [5.41, 5.74) is 0.0440. The number of halogens is 1. The number of carboxylic acids is 1. The third kappa shape index (κ3) is 2.75. The fraction of sp³-hybridized carbons (Fsp3) is 0. The quantitative estimate of drug-likeness (QED) is 0.801. The summed E-state index contributed by atoms with van der Waals surface area (Å²) in [5, 5.41) is 8.47. The van der Waals surface area contributed by atoms with Crippen LogP contribution in [-0.2, 0) is 22.4 Å². The molecule has 1 aromatic heterocycles. The van der Waals surface area contributed by atoms with E-state index in [1.165, 1.54) is 6.20 Å². The van der Waals surface area contributed by atoms with Gasteiger partial charge in [0.2, 0.25) is 0 Å². The molecule has 0 unspecified atom stereocenters. The predicted molar refractivity (Wildman–Crippen MR) is 38.9 cm³/mol. The van der Waals surface area contributed by atoms with Gasteiger partial charge in [0.15, 0.2) is 5.69 Å². The van der Waals surface area contributed by atoms with Crippen molar-refractivity contribution < 1.29 is 32.3 Å². The summed E-state index contributed by atoms with van der Waals surface area (Å²) in [6.07, 6.45) is 1.44. The molecule has 0 amide bonds. The normalized spacial score (nSPS) is 8.45. The maximum atomic E-state index is 10.3. The molecule has 0 aliphatic carbocycles. The van der Waals surface area contributed by atoms with Crippen molar-refractivity contribution in [2.45, 2.75) is 0 Å². The van der Waals surface area contributed by atoms with E-state index in [1.807, 2.05) is 0 Å². The molecule has 0 spiro atoms. The summed E-state index contributed by atoms with van der Waals surface area (Å²) in [5.74, 6) is -1.02. The van der Waals surface area contributed by atoms with Crippen LogP contribution in [0.1, 0.15) is 10.5 Å². The maximum absolute atomic E-state index is 10.3. The van der Waals surface area contributed by atoms with E-state index in [-0.39, 0.29) is 28.1 Å². The maximum Gasteiger partial charge on any atom is 0.355 e. The Morgan fingerprint density at radius 3 is 2.64 bits per heavy atom. The van der Waals surface area contributed by atoms with Crippen molar-refractivity contribution in [1.82, 2.24) is 4.98 Å². The molecule has 1 heterocycles. The number of rotatable bonds is 1. The molecule has 5 heteroatoms. The number of pyridine rings is 1. The van der Waals surface area contributed by atoms with Gasteiger partial charge in [-0.05, 0) is 28.1 Å². The molecule has 0 aliphatic heterocycles. The summed E-state index contributed by atoms with van der Waals surface area (Å²) < 4.78 is 0.502. The Bertz CT molecular complexity index is 267. The van der Waals surface area contributed by atoms with Crippen molar-refractivity contribution in [3.63, 3.8) is 0 Å². The Hall–Kier alpha value is -0.160. The van der Waals surface area contributed by atoms with Gasteiger partial charge in [0.25, 0.3) is 0 Å². The first-order valence-corrected chi connectivity index (χ1v) is 3.35. The molecular formula is C6H4AgBrNO2. The summed E-state index contributed by atoms with van der Waals surface area (Å²) >= 11 is 3.05. The zero-order valence-corrected chi connectivity index (χ0v) is 8.28. The molecule has 1 aromatic rings. The molecule has 0 aromatic carbocycles. The van der Waals surface area contributed by atoms with Crippen LogP contribution in [0.2, 0.25) is 0 Å². The smallest absolute Gasteiger partial charge is 0.355 e. The minimum atomic E-state index is -1.02. The Morgan fingerprint density at radius 2 is 2.27 bits per heavy atom. The van der Waals surface area contributed by atoms with Gasteiger partial charge in [0.1, 0.15) is 0 Å². The van der Waals surface area contributed by atoms with Gasteiger partial charge in [-0.15, -0.1) is 0 Å². The second-order valence-corrected chi connectivity index (χ2v) is 2.49. The standard InChI is InChI=1S/C6H4BrNO2.Ag/c7-4-2-1-3-8-5(4)6(9)10;/h1-3H,(H,9,10);. The van der Waals surface area contributed by atoms with Crippen LogP contribution < -0.4 is 0 Å². The molecule has 1 radical (unpaired) electrons. The van der Waals surface area contributed by atoms with Crippen LogP contribution in [0.3, 0.4) is 0 Å².